The summed E-state index contributed by atoms with van der Waals surface area (Å²) in [6.45, 7) is -0.270. The summed E-state index contributed by atoms with van der Waals surface area (Å²) in [6.07, 6.45) is 0. The van der Waals surface area contributed by atoms with Crippen molar-refractivity contribution in [2.75, 3.05) is 29.2 Å². The molecule has 1 saturated heterocycles. The number of hydrogen-bond donors (Lipinski definition) is 1. The van der Waals surface area contributed by atoms with Crippen LogP contribution in [0.3, 0.4) is 0 Å². The van der Waals surface area contributed by atoms with Crippen molar-refractivity contribution in [1.82, 2.24) is 4.57 Å². The Labute approximate surface area is 253 Å². The van der Waals surface area contributed by atoms with Gasteiger partial charge in [0.15, 0.2) is 0 Å². The average Bonchev–Trinajstić information content (AvgIpc) is 3.41. The molecule has 0 aliphatic carbocycles. The minimum atomic E-state index is -0.840. The molecular formula is C30H24ClFN4O4S2. The second-order valence-corrected chi connectivity index (χ2v) is 12.8. The average molecular weight is 623 g/mol. The number of thiazole rings is 1. The number of hydrogen-bond acceptors (Lipinski definition) is 7. The van der Waals surface area contributed by atoms with E-state index in [0.29, 0.717) is 20.6 Å². The van der Waals surface area contributed by atoms with Crippen molar-refractivity contribution in [3.8, 4) is 0 Å². The third-order valence-corrected chi connectivity index (χ3v) is 10.2. The molecule has 0 bridgehead atoms. The van der Waals surface area contributed by atoms with Gasteiger partial charge in [0.1, 0.15) is 17.6 Å². The molecule has 0 spiro atoms. The summed E-state index contributed by atoms with van der Waals surface area (Å²) in [5.41, 5.74) is 2.54. The molecule has 0 radical (unpaired) electrons. The Morgan fingerprint density at radius 3 is 2.26 bits per heavy atom. The van der Waals surface area contributed by atoms with Gasteiger partial charge in [-0.05, 0) is 66.2 Å². The van der Waals surface area contributed by atoms with Crippen molar-refractivity contribution in [1.29, 1.82) is 0 Å². The highest BCUT2D eigenvalue weighted by molar-refractivity contribution is 8.00. The predicted molar refractivity (Wildman–Crippen MR) is 163 cm³/mol. The molecule has 42 heavy (non-hydrogen) atoms. The summed E-state index contributed by atoms with van der Waals surface area (Å²) in [4.78, 5) is 57.3. The normalized spacial score (nSPS) is 19.4. The van der Waals surface area contributed by atoms with Gasteiger partial charge < -0.3 is 10.2 Å². The fourth-order valence-electron chi connectivity index (χ4n) is 5.32. The van der Waals surface area contributed by atoms with Gasteiger partial charge in [-0.25, -0.2) is 9.29 Å². The van der Waals surface area contributed by atoms with Gasteiger partial charge in [-0.15, -0.1) is 0 Å². The maximum Gasteiger partial charge on any atom is 0.308 e. The Bertz CT molecular complexity index is 1750. The molecule has 2 aliphatic rings. The van der Waals surface area contributed by atoms with Crippen LogP contribution in [0.4, 0.5) is 21.5 Å². The Morgan fingerprint density at radius 1 is 0.952 bits per heavy atom. The molecule has 2 aliphatic heterocycles. The molecule has 3 atom stereocenters. The van der Waals surface area contributed by atoms with Crippen molar-refractivity contribution in [2.24, 2.45) is 5.92 Å². The molecule has 6 rings (SSSR count). The zero-order valence-corrected chi connectivity index (χ0v) is 24.8. The zero-order valence-electron chi connectivity index (χ0n) is 22.4. The highest BCUT2D eigenvalue weighted by Crippen LogP contribution is 2.54. The summed E-state index contributed by atoms with van der Waals surface area (Å²) in [7, 11) is 3.84. The van der Waals surface area contributed by atoms with E-state index in [2.05, 4.69) is 5.32 Å². The van der Waals surface area contributed by atoms with E-state index in [4.69, 9.17) is 11.6 Å². The molecule has 4 aromatic rings. The van der Waals surface area contributed by atoms with Crippen LogP contribution in [-0.4, -0.2) is 41.6 Å². The molecule has 1 aromatic heterocycles. The molecule has 1 fully saturated rings. The SMILES string of the molecule is CN(C)c1ccc([C@@H]2c3sc(=O)n(CC(=O)Nc4ccc(Cl)cc4)c3S[C@H]3C(=O)N(c4ccc(F)cc4)C(=O)[C@@H]23)cc1. The van der Waals surface area contributed by atoms with Crippen molar-refractivity contribution in [3.63, 3.8) is 0 Å². The van der Waals surface area contributed by atoms with E-state index in [1.54, 1.807) is 24.3 Å². The molecular weight excluding hydrogens is 599 g/mol. The van der Waals surface area contributed by atoms with Crippen molar-refractivity contribution >= 4 is 69.5 Å². The molecule has 3 amide bonds. The number of rotatable bonds is 6. The van der Waals surface area contributed by atoms with Crippen LogP contribution in [0.15, 0.2) is 82.6 Å². The number of halogens is 2. The fourth-order valence-corrected chi connectivity index (χ4v) is 8.22. The third kappa shape index (κ3) is 5.01. The van der Waals surface area contributed by atoms with Crippen LogP contribution in [0.2, 0.25) is 5.02 Å². The van der Waals surface area contributed by atoms with E-state index < -0.39 is 40.6 Å². The molecule has 12 heteroatoms. The van der Waals surface area contributed by atoms with Gasteiger partial charge in [0.05, 0.1) is 16.6 Å². The molecule has 1 N–H and O–H groups in total. The van der Waals surface area contributed by atoms with Crippen molar-refractivity contribution < 1.29 is 18.8 Å². The van der Waals surface area contributed by atoms with E-state index >= 15 is 0 Å². The number of carbonyl (C=O) groups excluding carboxylic acids is 3. The predicted octanol–water partition coefficient (Wildman–Crippen LogP) is 5.20. The third-order valence-electron chi connectivity index (χ3n) is 7.33. The van der Waals surface area contributed by atoms with E-state index in [1.165, 1.54) is 28.8 Å². The lowest BCUT2D eigenvalue weighted by atomic mass is 9.83. The maximum absolute atomic E-state index is 13.9. The number of anilines is 3. The number of benzene rings is 3. The Balaban J connectivity index is 1.41. The van der Waals surface area contributed by atoms with Crippen molar-refractivity contribution in [2.45, 2.75) is 22.7 Å². The molecule has 3 aromatic carbocycles. The Morgan fingerprint density at radius 2 is 1.62 bits per heavy atom. The van der Waals surface area contributed by atoms with Gasteiger partial charge in [0.25, 0.3) is 0 Å². The number of imide groups is 1. The molecule has 3 heterocycles. The van der Waals surface area contributed by atoms with Crippen LogP contribution in [0, 0.1) is 11.7 Å². The minimum absolute atomic E-state index is 0.270. The quantitative estimate of drug-likeness (QED) is 0.297. The Kier molecular flexibility index (Phi) is 7.42. The van der Waals surface area contributed by atoms with Crippen LogP contribution in [0.1, 0.15) is 16.4 Å². The van der Waals surface area contributed by atoms with Gasteiger partial charge in [-0.3, -0.25) is 23.7 Å². The van der Waals surface area contributed by atoms with Crippen LogP contribution >= 0.6 is 34.7 Å². The topological polar surface area (TPSA) is 91.7 Å². The lowest BCUT2D eigenvalue weighted by molar-refractivity contribution is -0.122. The number of carbonyl (C=O) groups is 3. The Hall–Kier alpha value is -3.93. The summed E-state index contributed by atoms with van der Waals surface area (Å²) in [5.74, 6) is -3.15. The number of fused-ring (bicyclic) bond motifs is 2. The molecule has 214 valence electrons. The number of nitrogens with one attached hydrogen (secondary N) is 1. The van der Waals surface area contributed by atoms with Crippen LogP contribution in [0.25, 0.3) is 0 Å². The van der Waals surface area contributed by atoms with E-state index in [1.807, 2.05) is 43.3 Å². The minimum Gasteiger partial charge on any atom is -0.378 e. The molecule has 0 saturated carbocycles. The number of aromatic nitrogens is 1. The lowest BCUT2D eigenvalue weighted by Gasteiger charge is -2.31. The zero-order chi connectivity index (χ0) is 29.7. The second-order valence-electron chi connectivity index (χ2n) is 10.2. The summed E-state index contributed by atoms with van der Waals surface area (Å²) >= 11 is 8.05. The van der Waals surface area contributed by atoms with Gasteiger partial charge in [-0.1, -0.05) is 46.8 Å². The standard InChI is InChI=1S/C30H24ClFN4O4S2/c1-34(2)20-11-3-16(4-12-20)23-24-25(28(39)36(27(24)38)21-13-7-18(32)8-14-21)41-29-26(23)42-30(40)35(29)15-22(37)33-19-9-5-17(31)6-10-19/h3-14,23-25H,15H2,1-2H3,(H,33,37)/t23-,24-,25+/m0/s1. The van der Waals surface area contributed by atoms with Gasteiger partial charge >= 0.3 is 4.87 Å². The summed E-state index contributed by atoms with van der Waals surface area (Å²) in [5, 5.41) is 2.94. The molecule has 8 nitrogen and oxygen atoms in total. The highest BCUT2D eigenvalue weighted by atomic mass is 35.5. The van der Waals surface area contributed by atoms with Crippen LogP contribution in [-0.2, 0) is 20.9 Å². The fraction of sp³-hybridized carbons (Fsp3) is 0.200. The monoisotopic (exact) mass is 622 g/mol. The first-order valence-electron chi connectivity index (χ1n) is 13.0. The first kappa shape index (κ1) is 28.2. The van der Waals surface area contributed by atoms with Gasteiger partial charge in [0.2, 0.25) is 17.7 Å². The molecule has 0 unspecified atom stereocenters. The van der Waals surface area contributed by atoms with Crippen molar-refractivity contribution in [3.05, 3.63) is 104 Å². The van der Waals surface area contributed by atoms with E-state index in [9.17, 15) is 23.6 Å². The first-order valence-corrected chi connectivity index (χ1v) is 15.1. The maximum atomic E-state index is 13.9. The lowest BCUT2D eigenvalue weighted by Crippen LogP contribution is -2.33. The first-order chi connectivity index (χ1) is 20.1. The summed E-state index contributed by atoms with van der Waals surface area (Å²) in [6, 6.07) is 19.5. The van der Waals surface area contributed by atoms with E-state index in [-0.39, 0.29) is 17.1 Å². The van der Waals surface area contributed by atoms with Crippen LogP contribution < -0.4 is 20.0 Å². The largest absolute Gasteiger partial charge is 0.378 e. The number of nitrogens with zero attached hydrogens (tertiary/aromatic N) is 3. The second kappa shape index (κ2) is 11.0. The van der Waals surface area contributed by atoms with Gasteiger partial charge in [-0.2, -0.15) is 0 Å². The summed E-state index contributed by atoms with van der Waals surface area (Å²) < 4.78 is 15.0. The van der Waals surface area contributed by atoms with E-state index in [0.717, 1.165) is 39.2 Å². The highest BCUT2D eigenvalue weighted by Gasteiger charge is 2.56. The van der Waals surface area contributed by atoms with Gasteiger partial charge in [0, 0.05) is 41.3 Å². The smallest absolute Gasteiger partial charge is 0.308 e. The number of thioether (sulfide) groups is 1. The van der Waals surface area contributed by atoms with Crippen LogP contribution in [0.5, 0.6) is 0 Å². The number of amides is 3.